The van der Waals surface area contributed by atoms with Gasteiger partial charge in [-0.3, -0.25) is 0 Å². The first-order chi connectivity index (χ1) is 7.03. The second-order valence-electron chi connectivity index (χ2n) is 4.15. The molecule has 5 heteroatoms. The molecule has 0 spiro atoms. The van der Waals surface area contributed by atoms with Crippen molar-refractivity contribution < 1.29 is 4.43 Å². The van der Waals surface area contributed by atoms with E-state index in [1.807, 2.05) is 0 Å². The Labute approximate surface area is 106 Å². The lowest BCUT2D eigenvalue weighted by Crippen LogP contribution is -2.33. The summed E-state index contributed by atoms with van der Waals surface area (Å²) in [5.74, 6) is 0.809. The van der Waals surface area contributed by atoms with E-state index in [4.69, 9.17) is 4.43 Å². The van der Waals surface area contributed by atoms with Gasteiger partial charge in [-0.1, -0.05) is 19.8 Å². The minimum Gasteiger partial charge on any atom is -0.542 e. The van der Waals surface area contributed by atoms with E-state index in [-0.39, 0.29) is 0 Å². The Morgan fingerprint density at radius 3 is 2.47 bits per heavy atom. The second-order valence-corrected chi connectivity index (χ2v) is 9.34. The molecule has 0 saturated carbocycles. The van der Waals surface area contributed by atoms with Crippen LogP contribution in [0.3, 0.4) is 0 Å². The van der Waals surface area contributed by atoms with E-state index in [0.29, 0.717) is 0 Å². The minimum absolute atomic E-state index is 0.757. The third kappa shape index (κ3) is 4.92. The molecule has 0 aliphatic carbocycles. The maximum absolute atomic E-state index is 5.97. The molecule has 0 aliphatic rings. The zero-order valence-electron chi connectivity index (χ0n) is 9.46. The molecule has 0 saturated heterocycles. The minimum atomic E-state index is -1.56. The molecule has 1 aromatic heterocycles. The van der Waals surface area contributed by atoms with Crippen LogP contribution in [0, 0.1) is 3.83 Å². The molecular weight excluding hydrogens is 319 g/mol. The van der Waals surface area contributed by atoms with Crippen molar-refractivity contribution in [3.63, 3.8) is 0 Å². The zero-order valence-corrected chi connectivity index (χ0v) is 12.6. The monoisotopic (exact) mass is 336 g/mol. The van der Waals surface area contributed by atoms with Crippen LogP contribution >= 0.6 is 22.6 Å². The molecule has 0 aliphatic heterocycles. The number of aromatic nitrogens is 2. The average molecular weight is 336 g/mol. The Hall–Kier alpha value is -0.173. The van der Waals surface area contributed by atoms with Crippen LogP contribution in [0.15, 0.2) is 12.4 Å². The molecule has 0 atom stereocenters. The van der Waals surface area contributed by atoms with Crippen molar-refractivity contribution in [2.45, 2.75) is 38.9 Å². The highest BCUT2D eigenvalue weighted by Crippen LogP contribution is 2.19. The van der Waals surface area contributed by atoms with E-state index in [9.17, 15) is 0 Å². The number of nitrogens with zero attached hydrogens (tertiary/aromatic N) is 2. The van der Waals surface area contributed by atoms with Crippen LogP contribution in [-0.2, 0) is 0 Å². The Morgan fingerprint density at radius 2 is 1.93 bits per heavy atom. The van der Waals surface area contributed by atoms with E-state index in [0.717, 1.165) is 9.58 Å². The van der Waals surface area contributed by atoms with Gasteiger partial charge < -0.3 is 4.43 Å². The topological polar surface area (TPSA) is 35.0 Å². The number of rotatable bonds is 5. The van der Waals surface area contributed by atoms with Gasteiger partial charge in [0.05, 0.1) is 12.4 Å². The van der Waals surface area contributed by atoms with Crippen molar-refractivity contribution in [1.82, 2.24) is 9.97 Å². The van der Waals surface area contributed by atoms with Crippen LogP contribution in [0.1, 0.15) is 19.8 Å². The number of halogens is 1. The first kappa shape index (κ1) is 12.9. The molecule has 84 valence electrons. The summed E-state index contributed by atoms with van der Waals surface area (Å²) in [6, 6.07) is 1.19. The van der Waals surface area contributed by atoms with E-state index >= 15 is 0 Å². The van der Waals surface area contributed by atoms with Crippen molar-refractivity contribution in [3.8, 4) is 5.75 Å². The van der Waals surface area contributed by atoms with Gasteiger partial charge in [0.2, 0.25) is 8.32 Å². The predicted molar refractivity (Wildman–Crippen MR) is 72.6 cm³/mol. The molecule has 0 unspecified atom stereocenters. The molecule has 1 aromatic rings. The Kier molecular flexibility index (Phi) is 4.97. The summed E-state index contributed by atoms with van der Waals surface area (Å²) in [7, 11) is -1.56. The van der Waals surface area contributed by atoms with Crippen molar-refractivity contribution >= 4 is 30.9 Å². The van der Waals surface area contributed by atoms with Gasteiger partial charge in [-0.25, -0.2) is 9.97 Å². The molecule has 3 nitrogen and oxygen atoms in total. The lowest BCUT2D eigenvalue weighted by molar-refractivity contribution is 0.535. The number of hydrogen-bond acceptors (Lipinski definition) is 3. The second kappa shape index (κ2) is 5.79. The van der Waals surface area contributed by atoms with Gasteiger partial charge in [0.15, 0.2) is 3.83 Å². The first-order valence-corrected chi connectivity index (χ1v) is 9.39. The highest BCUT2D eigenvalue weighted by molar-refractivity contribution is 14.1. The van der Waals surface area contributed by atoms with Gasteiger partial charge in [0.25, 0.3) is 0 Å². The summed E-state index contributed by atoms with van der Waals surface area (Å²) >= 11 is 2.09. The first-order valence-electron chi connectivity index (χ1n) is 5.20. The molecule has 0 N–H and O–H groups in total. The van der Waals surface area contributed by atoms with Crippen molar-refractivity contribution in [3.05, 3.63) is 16.2 Å². The van der Waals surface area contributed by atoms with Gasteiger partial charge in [-0.15, -0.1) is 0 Å². The quantitative estimate of drug-likeness (QED) is 0.469. The van der Waals surface area contributed by atoms with Crippen LogP contribution < -0.4 is 4.43 Å². The summed E-state index contributed by atoms with van der Waals surface area (Å²) < 4.78 is 6.73. The molecule has 0 radical (unpaired) electrons. The van der Waals surface area contributed by atoms with Crippen LogP contribution in [0.2, 0.25) is 19.1 Å². The van der Waals surface area contributed by atoms with Crippen LogP contribution in [-0.4, -0.2) is 18.3 Å². The van der Waals surface area contributed by atoms with Crippen molar-refractivity contribution in [2.75, 3.05) is 0 Å². The van der Waals surface area contributed by atoms with E-state index in [1.165, 1.54) is 18.9 Å². The van der Waals surface area contributed by atoms with Gasteiger partial charge in [-0.2, -0.15) is 0 Å². The molecule has 0 amide bonds. The summed E-state index contributed by atoms with van der Waals surface area (Å²) in [6.07, 6.45) is 5.98. The molecule has 0 fully saturated rings. The molecular formula is C10H17IN2OSi. The van der Waals surface area contributed by atoms with Crippen molar-refractivity contribution in [2.24, 2.45) is 0 Å². The lowest BCUT2D eigenvalue weighted by atomic mass is 10.4. The maximum Gasteiger partial charge on any atom is 0.245 e. The summed E-state index contributed by atoms with van der Waals surface area (Å²) in [6.45, 7) is 6.68. The largest absolute Gasteiger partial charge is 0.542 e. The number of hydrogen-bond donors (Lipinski definition) is 0. The summed E-state index contributed by atoms with van der Waals surface area (Å²) in [5, 5.41) is 0. The van der Waals surface area contributed by atoms with Crippen molar-refractivity contribution in [1.29, 1.82) is 0 Å². The molecule has 1 heterocycles. The molecule has 15 heavy (non-hydrogen) atoms. The number of unbranched alkanes of at least 4 members (excludes halogenated alkanes) is 1. The van der Waals surface area contributed by atoms with Gasteiger partial charge in [-0.05, 0) is 19.1 Å². The molecule has 0 bridgehead atoms. The third-order valence-corrected chi connectivity index (χ3v) is 5.03. The Balaban J connectivity index is 2.56. The highest BCUT2D eigenvalue weighted by atomic mass is 127. The smallest absolute Gasteiger partial charge is 0.245 e. The Morgan fingerprint density at radius 1 is 1.33 bits per heavy atom. The fourth-order valence-electron chi connectivity index (χ4n) is 1.33. The SMILES string of the molecule is CCCC[Si](C)(C)Oc1cnc(I)nc1. The third-order valence-electron chi connectivity index (χ3n) is 2.12. The van der Waals surface area contributed by atoms with E-state index in [2.05, 4.69) is 52.6 Å². The van der Waals surface area contributed by atoms with E-state index in [1.54, 1.807) is 12.4 Å². The standard InChI is InChI=1S/C10H17IN2OSi/c1-4-5-6-15(2,3)14-9-7-12-10(11)13-8-9/h7-8H,4-6H2,1-3H3. The van der Waals surface area contributed by atoms with Gasteiger partial charge in [0, 0.05) is 22.6 Å². The zero-order chi connectivity index (χ0) is 11.3. The maximum atomic E-state index is 5.97. The Bertz CT molecular complexity index is 303. The summed E-state index contributed by atoms with van der Waals surface area (Å²) in [5.41, 5.74) is 0. The average Bonchev–Trinajstić information content (AvgIpc) is 2.18. The van der Waals surface area contributed by atoms with Crippen LogP contribution in [0.4, 0.5) is 0 Å². The van der Waals surface area contributed by atoms with E-state index < -0.39 is 8.32 Å². The summed E-state index contributed by atoms with van der Waals surface area (Å²) in [4.78, 5) is 8.23. The fraction of sp³-hybridized carbons (Fsp3) is 0.600. The van der Waals surface area contributed by atoms with Crippen LogP contribution in [0.5, 0.6) is 5.75 Å². The normalized spacial score (nSPS) is 11.5. The molecule has 1 rings (SSSR count). The van der Waals surface area contributed by atoms with Crippen LogP contribution in [0.25, 0.3) is 0 Å². The predicted octanol–water partition coefficient (Wildman–Crippen LogP) is 3.47. The molecule has 0 aromatic carbocycles. The van der Waals surface area contributed by atoms with Gasteiger partial charge in [0.1, 0.15) is 5.75 Å². The highest BCUT2D eigenvalue weighted by Gasteiger charge is 2.23. The van der Waals surface area contributed by atoms with Gasteiger partial charge >= 0.3 is 0 Å². The fourth-order valence-corrected chi connectivity index (χ4v) is 3.65. The lowest BCUT2D eigenvalue weighted by Gasteiger charge is -2.23.